The normalized spacial score (nSPS) is 12.1. The van der Waals surface area contributed by atoms with Crippen molar-refractivity contribution in [3.05, 3.63) is 65.7 Å². The third-order valence-corrected chi connectivity index (χ3v) is 8.54. The molecule has 0 spiro atoms. The summed E-state index contributed by atoms with van der Waals surface area (Å²) in [6.45, 7) is 18.5. The predicted molar refractivity (Wildman–Crippen MR) is 114 cm³/mol. The fraction of sp³-hybridized carbons (Fsp3) is 0.286. The highest BCUT2D eigenvalue weighted by Crippen LogP contribution is 2.22. The Kier molecular flexibility index (Phi) is 5.25. The molecule has 0 saturated carbocycles. The molecule has 0 aromatic heterocycles. The molecule has 0 aliphatic heterocycles. The van der Waals surface area contributed by atoms with Gasteiger partial charge in [0.2, 0.25) is 0 Å². The van der Waals surface area contributed by atoms with Crippen molar-refractivity contribution in [3.8, 4) is 0 Å². The Morgan fingerprint density at radius 1 is 0.760 bits per heavy atom. The Morgan fingerprint density at radius 2 is 1.16 bits per heavy atom. The van der Waals surface area contributed by atoms with Gasteiger partial charge in [0.15, 0.2) is 0 Å². The van der Waals surface area contributed by atoms with Gasteiger partial charge in [-0.05, 0) is 28.8 Å². The summed E-state index contributed by atoms with van der Waals surface area (Å²) in [4.78, 5) is 11.0. The molecular formula is C21H28O2Si2. The van der Waals surface area contributed by atoms with Crippen LogP contribution in [0.25, 0.3) is 5.57 Å². The van der Waals surface area contributed by atoms with Crippen LogP contribution in [-0.2, 0) is 0 Å². The molecular weight excluding hydrogens is 340 g/mol. The highest BCUT2D eigenvalue weighted by Gasteiger charge is 2.23. The van der Waals surface area contributed by atoms with Crippen molar-refractivity contribution < 1.29 is 9.90 Å². The summed E-state index contributed by atoms with van der Waals surface area (Å²) in [5.74, 6) is -0.904. The van der Waals surface area contributed by atoms with Crippen molar-refractivity contribution >= 4 is 38.1 Å². The lowest BCUT2D eigenvalue weighted by atomic mass is 9.98. The van der Waals surface area contributed by atoms with Crippen LogP contribution in [0.3, 0.4) is 0 Å². The van der Waals surface area contributed by atoms with Crippen LogP contribution in [0.4, 0.5) is 0 Å². The smallest absolute Gasteiger partial charge is 0.335 e. The number of carboxylic acid groups (broad SMARTS) is 1. The quantitative estimate of drug-likeness (QED) is 0.787. The summed E-state index contributed by atoms with van der Waals surface area (Å²) < 4.78 is 0. The molecule has 0 saturated heterocycles. The minimum atomic E-state index is -1.44. The van der Waals surface area contributed by atoms with Crippen molar-refractivity contribution in [2.24, 2.45) is 0 Å². The van der Waals surface area contributed by atoms with Gasteiger partial charge in [-0.3, -0.25) is 0 Å². The summed E-state index contributed by atoms with van der Waals surface area (Å²) in [6.07, 6.45) is 0. The highest BCUT2D eigenvalue weighted by molar-refractivity contribution is 6.91. The van der Waals surface area contributed by atoms with Crippen molar-refractivity contribution in [1.82, 2.24) is 0 Å². The molecule has 0 amide bonds. The lowest BCUT2D eigenvalue weighted by Crippen LogP contribution is -2.45. The lowest BCUT2D eigenvalue weighted by Gasteiger charge is -2.24. The first-order valence-corrected chi connectivity index (χ1v) is 15.6. The Labute approximate surface area is 153 Å². The molecule has 132 valence electrons. The summed E-state index contributed by atoms with van der Waals surface area (Å²) >= 11 is 0. The molecule has 0 atom stereocenters. The summed E-state index contributed by atoms with van der Waals surface area (Å²) in [5.41, 5.74) is 3.38. The summed E-state index contributed by atoms with van der Waals surface area (Å²) in [7, 11) is -2.88. The van der Waals surface area contributed by atoms with Gasteiger partial charge in [0.25, 0.3) is 0 Å². The summed E-state index contributed by atoms with van der Waals surface area (Å²) in [6, 6.07) is 14.0. The fourth-order valence-corrected chi connectivity index (χ4v) is 5.15. The van der Waals surface area contributed by atoms with Crippen molar-refractivity contribution in [2.75, 3.05) is 0 Å². The maximum absolute atomic E-state index is 11.0. The molecule has 0 bridgehead atoms. The maximum atomic E-state index is 11.0. The SMILES string of the molecule is C=C(c1ccc(C(=O)O)cc1)c1cc([Si](C)(C)C)cc([Si](C)(C)C)c1. The minimum Gasteiger partial charge on any atom is -0.478 e. The number of rotatable bonds is 5. The van der Waals surface area contributed by atoms with E-state index in [1.165, 1.54) is 10.4 Å². The molecule has 25 heavy (non-hydrogen) atoms. The molecule has 0 heterocycles. The monoisotopic (exact) mass is 368 g/mol. The van der Waals surface area contributed by atoms with Crippen LogP contribution < -0.4 is 10.4 Å². The van der Waals surface area contributed by atoms with Gasteiger partial charge >= 0.3 is 5.97 Å². The second kappa shape index (κ2) is 6.77. The van der Waals surface area contributed by atoms with Crippen LogP contribution in [0, 0.1) is 0 Å². The molecule has 0 radical (unpaired) electrons. The van der Waals surface area contributed by atoms with Gasteiger partial charge in [-0.1, -0.05) is 86.6 Å². The molecule has 4 heteroatoms. The number of carbonyl (C=O) groups is 1. The third kappa shape index (κ3) is 4.58. The van der Waals surface area contributed by atoms with E-state index < -0.39 is 22.1 Å². The van der Waals surface area contributed by atoms with E-state index in [0.29, 0.717) is 5.56 Å². The van der Waals surface area contributed by atoms with E-state index in [0.717, 1.165) is 16.7 Å². The molecule has 1 N–H and O–H groups in total. The Hall–Kier alpha value is -1.92. The van der Waals surface area contributed by atoms with Gasteiger partial charge in [-0.2, -0.15) is 0 Å². The second-order valence-corrected chi connectivity index (χ2v) is 18.8. The molecule has 2 nitrogen and oxygen atoms in total. The fourth-order valence-electron chi connectivity index (χ4n) is 2.65. The molecule has 2 aromatic carbocycles. The van der Waals surface area contributed by atoms with Crippen LogP contribution in [0.5, 0.6) is 0 Å². The second-order valence-electron chi connectivity index (χ2n) is 8.66. The van der Waals surface area contributed by atoms with E-state index >= 15 is 0 Å². The first kappa shape index (κ1) is 19.4. The molecule has 2 rings (SSSR count). The van der Waals surface area contributed by atoms with Gasteiger partial charge in [0.05, 0.1) is 21.7 Å². The zero-order chi connectivity index (χ0) is 19.0. The Bertz CT molecular complexity index is 775. The van der Waals surface area contributed by atoms with Crippen molar-refractivity contribution in [2.45, 2.75) is 39.3 Å². The van der Waals surface area contributed by atoms with Gasteiger partial charge in [0.1, 0.15) is 0 Å². The predicted octanol–water partition coefficient (Wildman–Crippen LogP) is 4.54. The largest absolute Gasteiger partial charge is 0.478 e. The van der Waals surface area contributed by atoms with E-state index in [-0.39, 0.29) is 0 Å². The van der Waals surface area contributed by atoms with E-state index in [1.54, 1.807) is 12.1 Å². The van der Waals surface area contributed by atoms with E-state index in [1.807, 2.05) is 12.1 Å². The minimum absolute atomic E-state index is 0.301. The lowest BCUT2D eigenvalue weighted by molar-refractivity contribution is 0.0697. The van der Waals surface area contributed by atoms with E-state index in [9.17, 15) is 4.79 Å². The Balaban J connectivity index is 2.53. The van der Waals surface area contributed by atoms with Crippen molar-refractivity contribution in [3.63, 3.8) is 0 Å². The number of hydrogen-bond donors (Lipinski definition) is 1. The number of hydrogen-bond acceptors (Lipinski definition) is 1. The van der Waals surface area contributed by atoms with Crippen LogP contribution >= 0.6 is 0 Å². The average molecular weight is 369 g/mol. The first-order valence-electron chi connectivity index (χ1n) is 8.58. The average Bonchev–Trinajstić information content (AvgIpc) is 2.52. The molecule has 0 aliphatic carbocycles. The molecule has 0 aliphatic rings. The van der Waals surface area contributed by atoms with E-state index in [2.05, 4.69) is 64.1 Å². The molecule has 0 fully saturated rings. The first-order chi connectivity index (χ1) is 11.4. The Morgan fingerprint density at radius 3 is 1.52 bits per heavy atom. The highest BCUT2D eigenvalue weighted by atomic mass is 28.3. The zero-order valence-corrected chi connectivity index (χ0v) is 18.1. The standard InChI is InChI=1S/C21H28O2Si2/c1-15(16-8-10-17(11-9-16)21(22)23)18-12-19(24(2,3)4)14-20(13-18)25(5,6)7/h8-14H,1H2,2-7H3,(H,22,23). The van der Waals surface area contributed by atoms with Gasteiger partial charge in [-0.25, -0.2) is 4.79 Å². The molecule has 2 aromatic rings. The molecule has 0 unspecified atom stereocenters. The topological polar surface area (TPSA) is 37.3 Å². The van der Waals surface area contributed by atoms with Crippen LogP contribution in [0.15, 0.2) is 49.0 Å². The number of benzene rings is 2. The van der Waals surface area contributed by atoms with Gasteiger partial charge in [0, 0.05) is 0 Å². The van der Waals surface area contributed by atoms with Crippen LogP contribution in [0.2, 0.25) is 39.3 Å². The van der Waals surface area contributed by atoms with Crippen molar-refractivity contribution in [1.29, 1.82) is 0 Å². The maximum Gasteiger partial charge on any atom is 0.335 e. The van der Waals surface area contributed by atoms with Gasteiger partial charge < -0.3 is 5.11 Å². The number of aromatic carboxylic acids is 1. The summed E-state index contributed by atoms with van der Waals surface area (Å²) in [5, 5.41) is 12.0. The van der Waals surface area contributed by atoms with Crippen LogP contribution in [-0.4, -0.2) is 27.2 Å². The number of carboxylic acids is 1. The van der Waals surface area contributed by atoms with Crippen LogP contribution in [0.1, 0.15) is 21.5 Å². The third-order valence-electron chi connectivity index (χ3n) is 4.49. The van der Waals surface area contributed by atoms with Gasteiger partial charge in [-0.15, -0.1) is 0 Å². The van der Waals surface area contributed by atoms with E-state index in [4.69, 9.17) is 5.11 Å². The zero-order valence-electron chi connectivity index (χ0n) is 16.1.